The van der Waals surface area contributed by atoms with Crippen molar-refractivity contribution in [1.29, 1.82) is 0 Å². The Hall–Kier alpha value is -1.40. The normalized spacial score (nSPS) is 12.9. The third-order valence-electron chi connectivity index (χ3n) is 1.42. The van der Waals surface area contributed by atoms with Crippen molar-refractivity contribution in [3.05, 3.63) is 24.2 Å². The Morgan fingerprint density at radius 1 is 1.21 bits per heavy atom. The van der Waals surface area contributed by atoms with Gasteiger partial charge in [0.1, 0.15) is 6.26 Å². The number of carbonyl (C=O) groups excluding carboxylic acids is 1. The van der Waals surface area contributed by atoms with Gasteiger partial charge in [0.05, 0.1) is 11.8 Å². The fourth-order valence-corrected chi connectivity index (χ4v) is 0.704. The molecule has 0 bridgehead atoms. The van der Waals surface area contributed by atoms with E-state index < -0.39 is 23.4 Å². The average Bonchev–Trinajstić information content (AvgIpc) is 2.52. The largest absolute Gasteiger partial charge is 0.472 e. The number of hydrogen-bond donors (Lipinski definition) is 0. The molecule has 1 rings (SSSR count). The van der Waals surface area contributed by atoms with E-state index in [4.69, 9.17) is 0 Å². The van der Waals surface area contributed by atoms with Gasteiger partial charge in [-0.2, -0.15) is 22.0 Å². The van der Waals surface area contributed by atoms with Crippen molar-refractivity contribution >= 4 is 5.78 Å². The molecule has 0 N–H and O–H groups in total. The molecule has 0 radical (unpaired) electrons. The summed E-state index contributed by atoms with van der Waals surface area (Å²) < 4.78 is 64.0. The van der Waals surface area contributed by atoms with E-state index in [9.17, 15) is 26.7 Å². The topological polar surface area (TPSA) is 30.2 Å². The minimum Gasteiger partial charge on any atom is -0.472 e. The summed E-state index contributed by atoms with van der Waals surface area (Å²) in [6.07, 6.45) is -4.52. The summed E-state index contributed by atoms with van der Waals surface area (Å²) in [7, 11) is 0. The predicted octanol–water partition coefficient (Wildman–Crippen LogP) is 2.66. The summed E-state index contributed by atoms with van der Waals surface area (Å²) in [5.74, 6) is -7.70. The molecule has 1 aromatic rings. The number of rotatable bonds is 2. The van der Waals surface area contributed by atoms with Gasteiger partial charge in [0, 0.05) is 0 Å². The molecule has 0 aliphatic rings. The molecule has 1 aromatic heterocycles. The number of carbonyl (C=O) groups is 1. The molecular formula is C7H3F5O2. The highest BCUT2D eigenvalue weighted by Gasteiger charge is 2.63. The van der Waals surface area contributed by atoms with Gasteiger partial charge in [-0.05, 0) is 6.07 Å². The van der Waals surface area contributed by atoms with Crippen LogP contribution < -0.4 is 0 Å². The van der Waals surface area contributed by atoms with E-state index in [2.05, 4.69) is 4.42 Å². The molecule has 0 saturated carbocycles. The molecule has 0 aliphatic carbocycles. The van der Waals surface area contributed by atoms with Gasteiger partial charge in [0.15, 0.2) is 0 Å². The number of hydrogen-bond acceptors (Lipinski definition) is 2. The minimum atomic E-state index is -5.89. The van der Waals surface area contributed by atoms with Crippen LogP contribution in [0.2, 0.25) is 0 Å². The molecule has 0 atom stereocenters. The van der Waals surface area contributed by atoms with Crippen molar-refractivity contribution in [2.45, 2.75) is 12.1 Å². The third-order valence-corrected chi connectivity index (χ3v) is 1.42. The van der Waals surface area contributed by atoms with Crippen LogP contribution in [0.25, 0.3) is 0 Å². The predicted molar refractivity (Wildman–Crippen MR) is 34.0 cm³/mol. The maximum absolute atomic E-state index is 12.4. The zero-order valence-electron chi connectivity index (χ0n) is 6.44. The van der Waals surface area contributed by atoms with Crippen LogP contribution in [0.3, 0.4) is 0 Å². The van der Waals surface area contributed by atoms with Gasteiger partial charge in [0.2, 0.25) is 5.78 Å². The van der Waals surface area contributed by atoms with Crippen LogP contribution in [0.4, 0.5) is 22.0 Å². The molecule has 2 nitrogen and oxygen atoms in total. The van der Waals surface area contributed by atoms with Crippen molar-refractivity contribution in [2.24, 2.45) is 0 Å². The summed E-state index contributed by atoms with van der Waals surface area (Å²) in [5.41, 5.74) is -0.813. The van der Waals surface area contributed by atoms with E-state index in [-0.39, 0.29) is 0 Å². The van der Waals surface area contributed by atoms with Gasteiger partial charge in [-0.1, -0.05) is 0 Å². The van der Waals surface area contributed by atoms with Crippen molar-refractivity contribution < 1.29 is 31.2 Å². The molecule has 0 amide bonds. The third kappa shape index (κ3) is 1.61. The van der Waals surface area contributed by atoms with Crippen LogP contribution in [0.5, 0.6) is 0 Å². The number of halogens is 5. The van der Waals surface area contributed by atoms with Crippen LogP contribution in [0.15, 0.2) is 23.0 Å². The average molecular weight is 214 g/mol. The maximum atomic E-state index is 12.4. The van der Waals surface area contributed by atoms with Gasteiger partial charge in [-0.25, -0.2) is 0 Å². The Labute approximate surface area is 74.3 Å². The van der Waals surface area contributed by atoms with Crippen LogP contribution in [0.1, 0.15) is 10.4 Å². The summed E-state index contributed by atoms with van der Waals surface area (Å²) in [6, 6.07) is 0.738. The molecular weight excluding hydrogens is 211 g/mol. The second-order valence-corrected chi connectivity index (χ2v) is 2.41. The Kier molecular flexibility index (Phi) is 2.34. The van der Waals surface area contributed by atoms with E-state index in [1.807, 2.05) is 0 Å². The van der Waals surface area contributed by atoms with Crippen molar-refractivity contribution in [1.82, 2.24) is 0 Å². The molecule has 0 unspecified atom stereocenters. The van der Waals surface area contributed by atoms with Gasteiger partial charge >= 0.3 is 12.1 Å². The Morgan fingerprint density at radius 2 is 1.79 bits per heavy atom. The quantitative estimate of drug-likeness (QED) is 0.559. The lowest BCUT2D eigenvalue weighted by atomic mass is 10.1. The van der Waals surface area contributed by atoms with E-state index in [1.54, 1.807) is 0 Å². The molecule has 1 heterocycles. The van der Waals surface area contributed by atoms with Crippen LogP contribution in [-0.4, -0.2) is 17.9 Å². The SMILES string of the molecule is O=C(c1ccoc1)C(F)(F)C(F)(F)F. The molecule has 78 valence electrons. The van der Waals surface area contributed by atoms with Gasteiger partial charge < -0.3 is 4.42 Å². The highest BCUT2D eigenvalue weighted by atomic mass is 19.4. The Morgan fingerprint density at radius 3 is 2.14 bits per heavy atom. The summed E-state index contributed by atoms with van der Waals surface area (Å²) in [5, 5.41) is 0. The molecule has 0 aliphatic heterocycles. The first-order chi connectivity index (χ1) is 6.27. The zero-order valence-corrected chi connectivity index (χ0v) is 6.44. The first kappa shape index (κ1) is 10.7. The number of furan rings is 1. The number of ketones is 1. The first-order valence-electron chi connectivity index (χ1n) is 3.28. The molecule has 7 heteroatoms. The van der Waals surface area contributed by atoms with Crippen molar-refractivity contribution in [2.75, 3.05) is 0 Å². The Bertz CT molecular complexity index is 324. The van der Waals surface area contributed by atoms with Crippen molar-refractivity contribution in [3.63, 3.8) is 0 Å². The van der Waals surface area contributed by atoms with Crippen LogP contribution >= 0.6 is 0 Å². The fraction of sp³-hybridized carbons (Fsp3) is 0.286. The lowest BCUT2D eigenvalue weighted by Crippen LogP contribution is -2.43. The van der Waals surface area contributed by atoms with E-state index in [0.29, 0.717) is 6.26 Å². The summed E-state index contributed by atoms with van der Waals surface area (Å²) in [4.78, 5) is 10.6. The zero-order chi connectivity index (χ0) is 11.0. The fourth-order valence-electron chi connectivity index (χ4n) is 0.704. The maximum Gasteiger partial charge on any atom is 0.461 e. The van der Waals surface area contributed by atoms with Gasteiger partial charge in [-0.3, -0.25) is 4.79 Å². The van der Waals surface area contributed by atoms with E-state index >= 15 is 0 Å². The van der Waals surface area contributed by atoms with Gasteiger partial charge in [0.25, 0.3) is 0 Å². The van der Waals surface area contributed by atoms with Crippen LogP contribution in [0, 0.1) is 0 Å². The highest BCUT2D eigenvalue weighted by Crippen LogP contribution is 2.37. The van der Waals surface area contributed by atoms with Crippen LogP contribution in [-0.2, 0) is 0 Å². The first-order valence-corrected chi connectivity index (χ1v) is 3.28. The lowest BCUT2D eigenvalue weighted by molar-refractivity contribution is -0.255. The summed E-state index contributed by atoms with van der Waals surface area (Å²) >= 11 is 0. The van der Waals surface area contributed by atoms with E-state index in [1.165, 1.54) is 0 Å². The second-order valence-electron chi connectivity index (χ2n) is 2.41. The van der Waals surface area contributed by atoms with Gasteiger partial charge in [-0.15, -0.1) is 0 Å². The lowest BCUT2D eigenvalue weighted by Gasteiger charge is -2.16. The molecule has 0 saturated heterocycles. The summed E-state index contributed by atoms with van der Waals surface area (Å²) in [6.45, 7) is 0. The molecule has 0 aromatic carbocycles. The number of alkyl halides is 5. The van der Waals surface area contributed by atoms with Crippen molar-refractivity contribution in [3.8, 4) is 0 Å². The monoisotopic (exact) mass is 214 g/mol. The highest BCUT2D eigenvalue weighted by molar-refractivity contribution is 6.01. The molecule has 14 heavy (non-hydrogen) atoms. The molecule has 0 spiro atoms. The second kappa shape index (κ2) is 3.07. The standard InChI is InChI=1S/C7H3F5O2/c8-6(9,7(10,11)12)5(13)4-1-2-14-3-4/h1-3H. The Balaban J connectivity index is 3.01. The van der Waals surface area contributed by atoms with E-state index in [0.717, 1.165) is 12.3 Å². The smallest absolute Gasteiger partial charge is 0.461 e. The molecule has 0 fully saturated rings. The number of Topliss-reactive ketones (excluding diaryl/α,β-unsaturated/α-hetero) is 1. The minimum absolute atomic E-state index is 0.530.